The highest BCUT2D eigenvalue weighted by atomic mass is 32.1. The molecule has 1 fully saturated rings. The van der Waals surface area contributed by atoms with E-state index in [-0.39, 0.29) is 17.9 Å². The van der Waals surface area contributed by atoms with Crippen molar-refractivity contribution >= 4 is 28.9 Å². The topological polar surface area (TPSA) is 65.1 Å². The maximum Gasteiger partial charge on any atom is 0.348 e. The molecule has 1 amide bonds. The highest BCUT2D eigenvalue weighted by Gasteiger charge is 2.30. The zero-order valence-electron chi connectivity index (χ0n) is 24.3. The number of rotatable bonds is 15. The van der Waals surface area contributed by atoms with Gasteiger partial charge >= 0.3 is 5.97 Å². The van der Waals surface area contributed by atoms with Gasteiger partial charge < -0.3 is 19.1 Å². The van der Waals surface area contributed by atoms with Gasteiger partial charge in [0.1, 0.15) is 10.6 Å². The summed E-state index contributed by atoms with van der Waals surface area (Å²) in [4.78, 5) is 28.2. The summed E-state index contributed by atoms with van der Waals surface area (Å²) in [7, 11) is 3.06. The minimum absolute atomic E-state index is 0.0292. The molecule has 1 saturated heterocycles. The first-order valence-corrected chi connectivity index (χ1v) is 15.3. The number of carbonyl (C=O) groups excluding carboxylic acids is 2. The van der Waals surface area contributed by atoms with Gasteiger partial charge in [-0.25, -0.2) is 4.79 Å². The van der Waals surface area contributed by atoms with Crippen LogP contribution in [0.3, 0.4) is 0 Å². The van der Waals surface area contributed by atoms with Gasteiger partial charge in [-0.3, -0.25) is 4.79 Å². The third-order valence-electron chi connectivity index (χ3n) is 7.53. The number of benzene rings is 2. The largest absolute Gasteiger partial charge is 0.497 e. The molecule has 2 atom stereocenters. The minimum Gasteiger partial charge on any atom is -0.497 e. The Balaban J connectivity index is 1.38. The van der Waals surface area contributed by atoms with Crippen molar-refractivity contribution in [1.82, 2.24) is 0 Å². The SMILES string of the molecule is CCCCCC(COCc1ccc(OC)cc1)c1ccc(N2C(=O)CC[C@@H]2/C=C/Cc2ccc(C(=O)OC)s2)cc1. The highest BCUT2D eigenvalue weighted by molar-refractivity contribution is 7.13. The van der Waals surface area contributed by atoms with E-state index >= 15 is 0 Å². The Morgan fingerprint density at radius 1 is 1.05 bits per heavy atom. The fraction of sp³-hybridized carbons (Fsp3) is 0.412. The number of thiophene rings is 1. The molecular weight excluding hydrogens is 534 g/mol. The first-order chi connectivity index (χ1) is 20.0. The summed E-state index contributed by atoms with van der Waals surface area (Å²) in [5.74, 6) is 0.994. The molecular formula is C34H41NO5S. The lowest BCUT2D eigenvalue weighted by molar-refractivity contribution is -0.117. The summed E-state index contributed by atoms with van der Waals surface area (Å²) in [6.07, 6.45) is 10.9. The quantitative estimate of drug-likeness (QED) is 0.105. The second-order valence-corrected chi connectivity index (χ2v) is 11.6. The van der Waals surface area contributed by atoms with Crippen molar-refractivity contribution in [2.75, 3.05) is 25.7 Å². The summed E-state index contributed by atoms with van der Waals surface area (Å²) in [5, 5.41) is 0. The third-order valence-corrected chi connectivity index (χ3v) is 8.61. The van der Waals surface area contributed by atoms with Crippen LogP contribution in [0.5, 0.6) is 5.75 Å². The molecule has 6 nitrogen and oxygen atoms in total. The van der Waals surface area contributed by atoms with Crippen molar-refractivity contribution in [2.45, 2.75) is 70.4 Å². The Morgan fingerprint density at radius 3 is 2.54 bits per heavy atom. The predicted octanol–water partition coefficient (Wildman–Crippen LogP) is 7.72. The van der Waals surface area contributed by atoms with Crippen molar-refractivity contribution in [3.8, 4) is 5.75 Å². The summed E-state index contributed by atoms with van der Waals surface area (Å²) in [5.41, 5.74) is 3.31. The molecule has 1 aromatic heterocycles. The first-order valence-electron chi connectivity index (χ1n) is 14.5. The molecule has 0 saturated carbocycles. The molecule has 3 aromatic rings. The number of methoxy groups -OCH3 is 2. The molecule has 0 spiro atoms. The van der Waals surface area contributed by atoms with Gasteiger partial charge in [0.25, 0.3) is 0 Å². The van der Waals surface area contributed by atoms with E-state index in [0.717, 1.165) is 47.6 Å². The van der Waals surface area contributed by atoms with Gasteiger partial charge in [-0.15, -0.1) is 11.3 Å². The van der Waals surface area contributed by atoms with Crippen LogP contribution in [0, 0.1) is 0 Å². The molecule has 41 heavy (non-hydrogen) atoms. The number of unbranched alkanes of at least 4 members (excludes halogenated alkanes) is 2. The van der Waals surface area contributed by atoms with E-state index in [1.807, 2.05) is 35.2 Å². The molecule has 4 rings (SSSR count). The van der Waals surface area contributed by atoms with Crippen LogP contribution in [-0.2, 0) is 27.3 Å². The molecule has 2 aromatic carbocycles. The summed E-state index contributed by atoms with van der Waals surface area (Å²) < 4.78 is 16.2. The Bertz CT molecular complexity index is 1280. The Kier molecular flexibility index (Phi) is 11.6. The van der Waals surface area contributed by atoms with Gasteiger partial charge in [-0.05, 0) is 66.8 Å². The molecule has 2 heterocycles. The Labute approximate surface area is 247 Å². The number of nitrogens with zero attached hydrogens (tertiary/aromatic N) is 1. The standard InChI is InChI=1S/C34H41NO5S/c1-4-5-6-8-27(24-40-23-25-11-18-30(38-2)19-12-25)26-13-15-29(16-14-26)35-28(17-22-33(35)36)9-7-10-31-20-21-32(41-31)34(37)39-3/h7,9,11-16,18-21,27-28H,4-6,8,10,17,22-24H2,1-3H3/b9-7+/t27?,28-/m0/s1. The van der Waals surface area contributed by atoms with Gasteiger partial charge in [0.05, 0.1) is 33.5 Å². The zero-order chi connectivity index (χ0) is 29.0. The van der Waals surface area contributed by atoms with Crippen molar-refractivity contribution in [1.29, 1.82) is 0 Å². The average Bonchev–Trinajstić information content (AvgIpc) is 3.63. The summed E-state index contributed by atoms with van der Waals surface area (Å²) in [6, 6.07) is 20.3. The monoisotopic (exact) mass is 575 g/mol. The number of allylic oxidation sites excluding steroid dienone is 1. The Morgan fingerprint density at radius 2 is 1.83 bits per heavy atom. The predicted molar refractivity (Wildman–Crippen MR) is 165 cm³/mol. The first kappa shape index (κ1) is 30.5. The van der Waals surface area contributed by atoms with Crippen LogP contribution in [0.2, 0.25) is 0 Å². The molecule has 0 radical (unpaired) electrons. The number of ether oxygens (including phenoxy) is 3. The summed E-state index contributed by atoms with van der Waals surface area (Å²) in [6.45, 7) is 3.45. The average molecular weight is 576 g/mol. The van der Waals surface area contributed by atoms with Gasteiger partial charge in [-0.1, -0.05) is 62.6 Å². The van der Waals surface area contributed by atoms with Crippen molar-refractivity contribution in [2.24, 2.45) is 0 Å². The van der Waals surface area contributed by atoms with Crippen LogP contribution in [-0.4, -0.2) is 38.7 Å². The molecule has 0 aliphatic carbocycles. The minimum atomic E-state index is -0.308. The van der Waals surface area contributed by atoms with Crippen molar-refractivity contribution in [3.05, 3.63) is 93.7 Å². The normalized spacial score (nSPS) is 15.9. The van der Waals surface area contributed by atoms with Gasteiger partial charge in [0.15, 0.2) is 0 Å². The fourth-order valence-electron chi connectivity index (χ4n) is 5.20. The van der Waals surface area contributed by atoms with E-state index < -0.39 is 0 Å². The van der Waals surface area contributed by atoms with E-state index in [9.17, 15) is 9.59 Å². The molecule has 0 N–H and O–H groups in total. The lowest BCUT2D eigenvalue weighted by atomic mass is 9.93. The number of hydrogen-bond donors (Lipinski definition) is 0. The number of hydrogen-bond acceptors (Lipinski definition) is 6. The molecule has 1 unspecified atom stereocenters. The van der Waals surface area contributed by atoms with E-state index in [0.29, 0.717) is 30.4 Å². The third kappa shape index (κ3) is 8.54. The number of amides is 1. The van der Waals surface area contributed by atoms with Gasteiger partial charge in [0.2, 0.25) is 5.91 Å². The molecule has 7 heteroatoms. The van der Waals surface area contributed by atoms with Crippen molar-refractivity contribution < 1.29 is 23.8 Å². The van der Waals surface area contributed by atoms with Gasteiger partial charge in [0, 0.05) is 22.9 Å². The zero-order valence-corrected chi connectivity index (χ0v) is 25.2. The fourth-order valence-corrected chi connectivity index (χ4v) is 6.10. The second kappa shape index (κ2) is 15.5. The van der Waals surface area contributed by atoms with Crippen molar-refractivity contribution in [3.63, 3.8) is 0 Å². The highest BCUT2D eigenvalue weighted by Crippen LogP contribution is 2.31. The maximum atomic E-state index is 12.9. The smallest absolute Gasteiger partial charge is 0.348 e. The molecule has 0 bridgehead atoms. The van der Waals surface area contributed by atoms with E-state index in [1.165, 1.54) is 36.9 Å². The van der Waals surface area contributed by atoms with Crippen LogP contribution in [0.25, 0.3) is 0 Å². The number of esters is 1. The second-order valence-electron chi connectivity index (χ2n) is 10.4. The number of carbonyl (C=O) groups is 2. The van der Waals surface area contributed by atoms with Crippen LogP contribution in [0.1, 0.15) is 77.0 Å². The van der Waals surface area contributed by atoms with Gasteiger partial charge in [-0.2, -0.15) is 0 Å². The summed E-state index contributed by atoms with van der Waals surface area (Å²) >= 11 is 1.44. The van der Waals surface area contributed by atoms with Crippen LogP contribution in [0.15, 0.2) is 72.8 Å². The maximum absolute atomic E-state index is 12.9. The molecule has 218 valence electrons. The van der Waals surface area contributed by atoms with Crippen LogP contribution < -0.4 is 9.64 Å². The van der Waals surface area contributed by atoms with Crippen LogP contribution >= 0.6 is 11.3 Å². The van der Waals surface area contributed by atoms with E-state index in [2.05, 4.69) is 43.3 Å². The lowest BCUT2D eigenvalue weighted by Gasteiger charge is -2.24. The molecule has 1 aliphatic rings. The Hall–Kier alpha value is -3.42. The lowest BCUT2D eigenvalue weighted by Crippen LogP contribution is -2.31. The number of anilines is 1. The van der Waals surface area contributed by atoms with E-state index in [4.69, 9.17) is 14.2 Å². The molecule has 1 aliphatic heterocycles. The van der Waals surface area contributed by atoms with Crippen LogP contribution in [0.4, 0.5) is 5.69 Å². The van der Waals surface area contributed by atoms with E-state index in [1.54, 1.807) is 13.2 Å².